The number of rotatable bonds is 2. The molecule has 23 heavy (non-hydrogen) atoms. The highest BCUT2D eigenvalue weighted by molar-refractivity contribution is 8.27. The van der Waals surface area contributed by atoms with Crippen LogP contribution in [0.25, 0.3) is 6.08 Å². The van der Waals surface area contributed by atoms with Crippen LogP contribution in [0.4, 0.5) is 10.1 Å². The van der Waals surface area contributed by atoms with Crippen molar-refractivity contribution in [3.05, 3.63) is 68.8 Å². The summed E-state index contributed by atoms with van der Waals surface area (Å²) < 4.78 is 13.4. The summed E-state index contributed by atoms with van der Waals surface area (Å²) in [6.45, 7) is 0. The number of halogens is 3. The minimum Gasteiger partial charge on any atom is -0.268 e. The molecule has 0 spiro atoms. The van der Waals surface area contributed by atoms with Crippen molar-refractivity contribution < 1.29 is 9.18 Å². The summed E-state index contributed by atoms with van der Waals surface area (Å²) >= 11 is 18.3. The first-order valence-corrected chi connectivity index (χ1v) is 8.42. The Bertz CT molecular complexity index is 836. The number of nitrogens with zero attached hydrogens (tertiary/aromatic N) is 1. The molecule has 3 rings (SSSR count). The highest BCUT2D eigenvalue weighted by Gasteiger charge is 2.33. The van der Waals surface area contributed by atoms with Gasteiger partial charge < -0.3 is 0 Å². The van der Waals surface area contributed by atoms with Gasteiger partial charge in [0.1, 0.15) is 5.82 Å². The predicted molar refractivity (Wildman–Crippen MR) is 98.5 cm³/mol. The number of thioether (sulfide) groups is 1. The lowest BCUT2D eigenvalue weighted by Crippen LogP contribution is -2.27. The average Bonchev–Trinajstić information content (AvgIpc) is 2.79. The highest BCUT2D eigenvalue weighted by Crippen LogP contribution is 2.36. The van der Waals surface area contributed by atoms with E-state index in [1.807, 2.05) is 0 Å². The van der Waals surface area contributed by atoms with E-state index in [0.717, 1.165) is 5.56 Å². The fraction of sp³-hybridized carbons (Fsp3) is 0. The van der Waals surface area contributed by atoms with Crippen molar-refractivity contribution >= 4 is 69.2 Å². The standard InChI is InChI=1S/C16H8Cl2FNOS2/c17-12-6-1-9(7-13(12)18)8-14-15(21)20(16(22)23-14)11-4-2-10(19)3-5-11/h1-8H/b14-8+. The molecule has 1 amide bonds. The van der Waals surface area contributed by atoms with E-state index in [1.165, 1.54) is 40.9 Å². The molecule has 0 aromatic heterocycles. The zero-order chi connectivity index (χ0) is 16.6. The number of thiocarbonyl (C=S) groups is 1. The van der Waals surface area contributed by atoms with Crippen LogP contribution in [0.1, 0.15) is 5.56 Å². The third-order valence-electron chi connectivity index (χ3n) is 3.12. The summed E-state index contributed by atoms with van der Waals surface area (Å²) in [6.07, 6.45) is 1.70. The maximum Gasteiger partial charge on any atom is 0.270 e. The SMILES string of the molecule is O=C1/C(=C\c2ccc(Cl)c(Cl)c2)SC(=S)N1c1ccc(F)cc1. The number of carbonyl (C=O) groups excluding carboxylic acids is 1. The Balaban J connectivity index is 1.92. The van der Waals surface area contributed by atoms with E-state index in [4.69, 9.17) is 35.4 Å². The van der Waals surface area contributed by atoms with Gasteiger partial charge in [-0.05, 0) is 48.0 Å². The van der Waals surface area contributed by atoms with Crippen molar-refractivity contribution in [3.63, 3.8) is 0 Å². The molecule has 2 nitrogen and oxygen atoms in total. The predicted octanol–water partition coefficient (Wildman–Crippen LogP) is 5.54. The second kappa shape index (κ2) is 6.61. The summed E-state index contributed by atoms with van der Waals surface area (Å²) in [5.41, 5.74) is 1.28. The van der Waals surface area contributed by atoms with Crippen molar-refractivity contribution in [1.82, 2.24) is 0 Å². The van der Waals surface area contributed by atoms with Crippen LogP contribution in [0.5, 0.6) is 0 Å². The first-order chi connectivity index (χ1) is 11.0. The van der Waals surface area contributed by atoms with Gasteiger partial charge in [0, 0.05) is 0 Å². The average molecular weight is 384 g/mol. The fourth-order valence-corrected chi connectivity index (χ4v) is 3.64. The summed E-state index contributed by atoms with van der Waals surface area (Å²) in [5.74, 6) is -0.622. The molecule has 1 fully saturated rings. The Labute approximate surface area is 151 Å². The zero-order valence-electron chi connectivity index (χ0n) is 11.4. The molecule has 2 aromatic carbocycles. The molecule has 116 valence electrons. The van der Waals surface area contributed by atoms with Crippen molar-refractivity contribution in [2.75, 3.05) is 4.90 Å². The van der Waals surface area contributed by atoms with Crippen molar-refractivity contribution in [3.8, 4) is 0 Å². The van der Waals surface area contributed by atoms with Gasteiger partial charge in [0.25, 0.3) is 5.91 Å². The van der Waals surface area contributed by atoms with Crippen LogP contribution in [0.2, 0.25) is 10.0 Å². The number of anilines is 1. The molecule has 0 unspecified atom stereocenters. The number of amides is 1. The second-order valence-electron chi connectivity index (χ2n) is 4.67. The Morgan fingerprint density at radius 2 is 1.78 bits per heavy atom. The number of carbonyl (C=O) groups is 1. The van der Waals surface area contributed by atoms with Crippen LogP contribution in [0.3, 0.4) is 0 Å². The number of benzene rings is 2. The monoisotopic (exact) mass is 383 g/mol. The van der Waals surface area contributed by atoms with Gasteiger partial charge in [-0.3, -0.25) is 9.69 Å². The Morgan fingerprint density at radius 1 is 1.09 bits per heavy atom. The molecule has 1 aliphatic rings. The summed E-state index contributed by atoms with van der Waals surface area (Å²) in [6, 6.07) is 10.7. The van der Waals surface area contributed by atoms with Gasteiger partial charge in [-0.2, -0.15) is 0 Å². The highest BCUT2D eigenvalue weighted by atomic mass is 35.5. The molecular weight excluding hydrogens is 376 g/mol. The van der Waals surface area contributed by atoms with Crippen LogP contribution in [0, 0.1) is 5.82 Å². The molecule has 0 radical (unpaired) electrons. The molecule has 0 N–H and O–H groups in total. The van der Waals surface area contributed by atoms with E-state index in [1.54, 1.807) is 24.3 Å². The van der Waals surface area contributed by atoms with E-state index in [-0.39, 0.29) is 11.7 Å². The topological polar surface area (TPSA) is 20.3 Å². The quantitative estimate of drug-likeness (QED) is 0.501. The van der Waals surface area contributed by atoms with Gasteiger partial charge >= 0.3 is 0 Å². The van der Waals surface area contributed by atoms with E-state index in [9.17, 15) is 9.18 Å². The van der Waals surface area contributed by atoms with E-state index in [2.05, 4.69) is 0 Å². The maximum absolute atomic E-state index is 13.0. The summed E-state index contributed by atoms with van der Waals surface area (Å²) in [4.78, 5) is 14.4. The Kier molecular flexibility index (Phi) is 4.73. The minimum absolute atomic E-state index is 0.252. The zero-order valence-corrected chi connectivity index (χ0v) is 14.6. The van der Waals surface area contributed by atoms with Gasteiger partial charge in [-0.15, -0.1) is 0 Å². The lowest BCUT2D eigenvalue weighted by atomic mass is 10.2. The normalized spacial score (nSPS) is 16.5. The Morgan fingerprint density at radius 3 is 2.43 bits per heavy atom. The van der Waals surface area contributed by atoms with Crippen LogP contribution in [-0.4, -0.2) is 10.2 Å². The van der Waals surface area contributed by atoms with Gasteiger partial charge in [-0.1, -0.05) is 53.2 Å². The fourth-order valence-electron chi connectivity index (χ4n) is 2.03. The largest absolute Gasteiger partial charge is 0.270 e. The molecule has 1 aliphatic heterocycles. The van der Waals surface area contributed by atoms with Crippen molar-refractivity contribution in [2.24, 2.45) is 0 Å². The van der Waals surface area contributed by atoms with E-state index < -0.39 is 0 Å². The molecule has 0 saturated carbocycles. The molecule has 0 aliphatic carbocycles. The number of hydrogen-bond acceptors (Lipinski definition) is 3. The minimum atomic E-state index is -0.370. The van der Waals surface area contributed by atoms with Crippen molar-refractivity contribution in [1.29, 1.82) is 0 Å². The van der Waals surface area contributed by atoms with Crippen LogP contribution < -0.4 is 4.90 Å². The van der Waals surface area contributed by atoms with Crippen LogP contribution >= 0.6 is 47.2 Å². The third-order valence-corrected chi connectivity index (χ3v) is 5.16. The molecule has 1 saturated heterocycles. The molecular formula is C16H8Cl2FNOS2. The first-order valence-electron chi connectivity index (χ1n) is 6.44. The molecule has 1 heterocycles. The smallest absolute Gasteiger partial charge is 0.268 e. The molecule has 0 atom stereocenters. The number of hydrogen-bond donors (Lipinski definition) is 0. The van der Waals surface area contributed by atoms with Crippen LogP contribution in [-0.2, 0) is 4.79 Å². The van der Waals surface area contributed by atoms with Gasteiger partial charge in [0.2, 0.25) is 0 Å². The lowest BCUT2D eigenvalue weighted by Gasteiger charge is -2.14. The Hall–Kier alpha value is -1.40. The second-order valence-corrected chi connectivity index (χ2v) is 7.16. The summed E-state index contributed by atoms with van der Waals surface area (Å²) in [7, 11) is 0. The van der Waals surface area contributed by atoms with Gasteiger partial charge in [-0.25, -0.2) is 4.39 Å². The lowest BCUT2D eigenvalue weighted by molar-refractivity contribution is -0.113. The van der Waals surface area contributed by atoms with Crippen molar-refractivity contribution in [2.45, 2.75) is 0 Å². The summed E-state index contributed by atoms with van der Waals surface area (Å²) in [5, 5.41) is 0.858. The maximum atomic E-state index is 13.0. The van der Waals surface area contributed by atoms with E-state index >= 15 is 0 Å². The van der Waals surface area contributed by atoms with Crippen LogP contribution in [0.15, 0.2) is 47.4 Å². The third kappa shape index (κ3) is 3.43. The molecule has 2 aromatic rings. The first kappa shape index (κ1) is 16.5. The molecule has 7 heteroatoms. The van der Waals surface area contributed by atoms with Gasteiger partial charge in [0.15, 0.2) is 4.32 Å². The molecule has 0 bridgehead atoms. The van der Waals surface area contributed by atoms with E-state index in [0.29, 0.717) is 25.0 Å². The van der Waals surface area contributed by atoms with Gasteiger partial charge in [0.05, 0.1) is 20.6 Å².